The molecule has 0 saturated carbocycles. The minimum absolute atomic E-state index is 0.0259. The van der Waals surface area contributed by atoms with Gasteiger partial charge in [-0.05, 0) is 30.5 Å². The van der Waals surface area contributed by atoms with Crippen molar-refractivity contribution in [3.8, 4) is 0 Å². The first-order valence-corrected chi connectivity index (χ1v) is 8.86. The summed E-state index contributed by atoms with van der Waals surface area (Å²) >= 11 is 2.88. The van der Waals surface area contributed by atoms with Crippen LogP contribution in [0.1, 0.15) is 11.8 Å². The Kier molecular flexibility index (Phi) is 4.68. The minimum Gasteiger partial charge on any atom is -0.316 e. The predicted octanol–water partition coefficient (Wildman–Crippen LogP) is 3.83. The van der Waals surface area contributed by atoms with E-state index < -0.39 is 4.92 Å². The van der Waals surface area contributed by atoms with E-state index in [1.54, 1.807) is 12.1 Å². The molecule has 1 amide bonds. The summed E-state index contributed by atoms with van der Waals surface area (Å²) in [6.45, 7) is 2.48. The summed E-state index contributed by atoms with van der Waals surface area (Å²) in [7, 11) is 0. The lowest BCUT2D eigenvalue weighted by molar-refractivity contribution is -0.384. The van der Waals surface area contributed by atoms with E-state index >= 15 is 0 Å². The summed E-state index contributed by atoms with van der Waals surface area (Å²) in [6, 6.07) is 8.49. The standard InChI is InChI=1S/C16H13N3O3S2/c1-2-18-13-10-11(19(21)22)5-7-14(13)24-16(18)17-15(20)8-6-12-4-3-9-23-12/h3-10H,2H2,1H3. The second kappa shape index (κ2) is 6.90. The normalized spacial score (nSPS) is 12.3. The summed E-state index contributed by atoms with van der Waals surface area (Å²) < 4.78 is 2.67. The average molecular weight is 359 g/mol. The lowest BCUT2D eigenvalue weighted by atomic mass is 10.3. The number of aryl methyl sites for hydroxylation is 1. The first-order chi connectivity index (χ1) is 11.6. The Morgan fingerprint density at radius 2 is 2.25 bits per heavy atom. The Balaban J connectivity index is 2.02. The van der Waals surface area contributed by atoms with Gasteiger partial charge in [-0.25, -0.2) is 0 Å². The molecule has 3 aromatic rings. The highest BCUT2D eigenvalue weighted by Gasteiger charge is 2.11. The number of carbonyl (C=O) groups excluding carboxylic acids is 1. The number of thiazole rings is 1. The van der Waals surface area contributed by atoms with Crippen LogP contribution >= 0.6 is 22.7 Å². The molecule has 3 rings (SSSR count). The van der Waals surface area contributed by atoms with Gasteiger partial charge in [-0.15, -0.1) is 11.3 Å². The Hall–Kier alpha value is -2.58. The van der Waals surface area contributed by atoms with Gasteiger partial charge in [-0.3, -0.25) is 14.9 Å². The number of fused-ring (bicyclic) bond motifs is 1. The van der Waals surface area contributed by atoms with Crippen LogP contribution in [0.5, 0.6) is 0 Å². The molecule has 2 heterocycles. The van der Waals surface area contributed by atoms with Crippen molar-refractivity contribution in [3.05, 3.63) is 61.6 Å². The van der Waals surface area contributed by atoms with Gasteiger partial charge in [0.15, 0.2) is 4.80 Å². The predicted molar refractivity (Wildman–Crippen MR) is 96.1 cm³/mol. The van der Waals surface area contributed by atoms with Gasteiger partial charge >= 0.3 is 0 Å². The number of nitro groups is 1. The van der Waals surface area contributed by atoms with E-state index in [9.17, 15) is 14.9 Å². The average Bonchev–Trinajstić information content (AvgIpc) is 3.19. The zero-order chi connectivity index (χ0) is 17.1. The Morgan fingerprint density at radius 3 is 2.92 bits per heavy atom. The van der Waals surface area contributed by atoms with Crippen molar-refractivity contribution in [1.82, 2.24) is 4.57 Å². The summed E-state index contributed by atoms with van der Waals surface area (Å²) in [5.41, 5.74) is 0.739. The highest BCUT2D eigenvalue weighted by atomic mass is 32.1. The first kappa shape index (κ1) is 16.3. The number of aromatic nitrogens is 1. The number of hydrogen-bond donors (Lipinski definition) is 0. The molecule has 6 nitrogen and oxygen atoms in total. The zero-order valence-corrected chi connectivity index (χ0v) is 14.3. The van der Waals surface area contributed by atoms with Gasteiger partial charge in [0.25, 0.3) is 11.6 Å². The van der Waals surface area contributed by atoms with E-state index in [4.69, 9.17) is 0 Å². The number of amides is 1. The van der Waals surface area contributed by atoms with E-state index in [1.807, 2.05) is 29.0 Å². The van der Waals surface area contributed by atoms with Crippen LogP contribution < -0.4 is 4.80 Å². The van der Waals surface area contributed by atoms with E-state index in [0.29, 0.717) is 16.9 Å². The lowest BCUT2D eigenvalue weighted by Gasteiger charge is -1.99. The number of carbonyl (C=O) groups is 1. The first-order valence-electron chi connectivity index (χ1n) is 7.16. The van der Waals surface area contributed by atoms with E-state index in [0.717, 1.165) is 9.58 Å². The fourth-order valence-electron chi connectivity index (χ4n) is 2.23. The fourth-order valence-corrected chi connectivity index (χ4v) is 3.93. The molecular weight excluding hydrogens is 346 g/mol. The number of thiophene rings is 1. The van der Waals surface area contributed by atoms with Crippen molar-refractivity contribution >= 4 is 50.6 Å². The van der Waals surface area contributed by atoms with Gasteiger partial charge in [-0.2, -0.15) is 4.99 Å². The monoisotopic (exact) mass is 359 g/mol. The highest BCUT2D eigenvalue weighted by molar-refractivity contribution is 7.16. The van der Waals surface area contributed by atoms with Gasteiger partial charge in [0.2, 0.25) is 0 Å². The fraction of sp³-hybridized carbons (Fsp3) is 0.125. The lowest BCUT2D eigenvalue weighted by Crippen LogP contribution is -2.15. The van der Waals surface area contributed by atoms with Gasteiger partial charge < -0.3 is 4.57 Å². The summed E-state index contributed by atoms with van der Waals surface area (Å²) in [6.07, 6.45) is 3.16. The van der Waals surface area contributed by atoms with E-state index in [-0.39, 0.29) is 11.6 Å². The quantitative estimate of drug-likeness (QED) is 0.403. The molecule has 0 unspecified atom stereocenters. The second-order valence-corrected chi connectivity index (χ2v) is 6.83. The number of hydrogen-bond acceptors (Lipinski definition) is 5. The van der Waals surface area contributed by atoms with Crippen molar-refractivity contribution in [1.29, 1.82) is 0 Å². The molecule has 0 fully saturated rings. The number of rotatable bonds is 4. The number of benzene rings is 1. The van der Waals surface area contributed by atoms with Crippen LogP contribution in [0.2, 0.25) is 0 Å². The number of nitrogens with zero attached hydrogens (tertiary/aromatic N) is 3. The molecule has 0 atom stereocenters. The van der Waals surface area contributed by atoms with Crippen LogP contribution in [0.25, 0.3) is 16.3 Å². The van der Waals surface area contributed by atoms with Gasteiger partial charge in [0.1, 0.15) is 0 Å². The minimum atomic E-state index is -0.428. The Bertz CT molecular complexity index is 997. The zero-order valence-electron chi connectivity index (χ0n) is 12.7. The molecule has 0 aliphatic rings. The molecule has 0 aliphatic carbocycles. The Labute approximate surface area is 145 Å². The summed E-state index contributed by atoms with van der Waals surface area (Å²) in [4.78, 5) is 28.2. The van der Waals surface area contributed by atoms with Crippen molar-refractivity contribution in [2.24, 2.45) is 4.99 Å². The van der Waals surface area contributed by atoms with Crippen molar-refractivity contribution in [2.75, 3.05) is 0 Å². The van der Waals surface area contributed by atoms with Crippen molar-refractivity contribution in [2.45, 2.75) is 13.5 Å². The molecule has 24 heavy (non-hydrogen) atoms. The van der Waals surface area contributed by atoms with Crippen LogP contribution in [-0.2, 0) is 11.3 Å². The third kappa shape index (κ3) is 3.34. The van der Waals surface area contributed by atoms with Crippen LogP contribution in [0.4, 0.5) is 5.69 Å². The van der Waals surface area contributed by atoms with Gasteiger partial charge in [0, 0.05) is 29.6 Å². The SMILES string of the molecule is CCn1c(=NC(=O)C=Cc2cccs2)sc2ccc([N+](=O)[O-])cc21. The smallest absolute Gasteiger partial charge is 0.272 e. The van der Waals surface area contributed by atoms with Crippen LogP contribution in [0.15, 0.2) is 46.8 Å². The summed E-state index contributed by atoms with van der Waals surface area (Å²) in [5.74, 6) is -0.355. The molecule has 0 radical (unpaired) electrons. The summed E-state index contributed by atoms with van der Waals surface area (Å²) in [5, 5.41) is 12.9. The van der Waals surface area contributed by atoms with Crippen molar-refractivity contribution < 1.29 is 9.72 Å². The van der Waals surface area contributed by atoms with Gasteiger partial charge in [-0.1, -0.05) is 17.4 Å². The van der Waals surface area contributed by atoms with Crippen LogP contribution in [-0.4, -0.2) is 15.4 Å². The van der Waals surface area contributed by atoms with Crippen molar-refractivity contribution in [3.63, 3.8) is 0 Å². The molecular formula is C16H13N3O3S2. The molecule has 0 N–H and O–H groups in total. The maximum absolute atomic E-state index is 12.1. The second-order valence-electron chi connectivity index (χ2n) is 4.84. The van der Waals surface area contributed by atoms with Gasteiger partial charge in [0.05, 0.1) is 15.1 Å². The molecule has 0 saturated heterocycles. The largest absolute Gasteiger partial charge is 0.316 e. The highest BCUT2D eigenvalue weighted by Crippen LogP contribution is 2.23. The molecule has 8 heteroatoms. The Morgan fingerprint density at radius 1 is 1.42 bits per heavy atom. The molecule has 122 valence electrons. The maximum atomic E-state index is 12.1. The van der Waals surface area contributed by atoms with E-state index in [2.05, 4.69) is 4.99 Å². The van der Waals surface area contributed by atoms with Crippen LogP contribution in [0, 0.1) is 10.1 Å². The molecule has 0 aliphatic heterocycles. The molecule has 0 bridgehead atoms. The number of nitro benzene ring substituents is 1. The van der Waals surface area contributed by atoms with Crippen LogP contribution in [0.3, 0.4) is 0 Å². The molecule has 1 aromatic carbocycles. The molecule has 0 spiro atoms. The molecule has 2 aromatic heterocycles. The van der Waals surface area contributed by atoms with E-state index in [1.165, 1.54) is 40.9 Å². The maximum Gasteiger partial charge on any atom is 0.272 e. The number of non-ortho nitro benzene ring substituents is 1. The third-order valence-electron chi connectivity index (χ3n) is 3.33. The topological polar surface area (TPSA) is 77.5 Å². The third-order valence-corrected chi connectivity index (χ3v) is 5.23.